The molecular formula is C21H18ClNO5. The van der Waals surface area contributed by atoms with Gasteiger partial charge in [-0.3, -0.25) is 4.79 Å². The van der Waals surface area contributed by atoms with E-state index >= 15 is 0 Å². The van der Waals surface area contributed by atoms with Crippen LogP contribution in [0.5, 0.6) is 11.5 Å². The third kappa shape index (κ3) is 5.86. The van der Waals surface area contributed by atoms with Gasteiger partial charge in [0.25, 0.3) is 0 Å². The molecule has 6 nitrogen and oxygen atoms in total. The summed E-state index contributed by atoms with van der Waals surface area (Å²) in [5.41, 5.74) is 1.30. The van der Waals surface area contributed by atoms with Crippen LogP contribution in [0.4, 0.5) is 0 Å². The Morgan fingerprint density at radius 3 is 2.57 bits per heavy atom. The number of benzene rings is 2. The molecule has 0 atom stereocenters. The van der Waals surface area contributed by atoms with Gasteiger partial charge in [-0.1, -0.05) is 29.8 Å². The van der Waals surface area contributed by atoms with Crippen LogP contribution in [0.25, 0.3) is 6.08 Å². The Labute approximate surface area is 167 Å². The van der Waals surface area contributed by atoms with E-state index in [1.165, 1.54) is 26.4 Å². The number of ether oxygens (including phenoxy) is 3. The van der Waals surface area contributed by atoms with Crippen molar-refractivity contribution in [3.63, 3.8) is 0 Å². The first kappa shape index (κ1) is 21.0. The van der Waals surface area contributed by atoms with Gasteiger partial charge in [-0.05, 0) is 47.9 Å². The molecule has 0 amide bonds. The normalized spacial score (nSPS) is 10.7. The molecule has 0 aromatic heterocycles. The van der Waals surface area contributed by atoms with Crippen LogP contribution >= 0.6 is 11.6 Å². The Morgan fingerprint density at radius 1 is 1.14 bits per heavy atom. The highest BCUT2D eigenvalue weighted by Crippen LogP contribution is 2.29. The number of rotatable bonds is 7. The molecule has 2 rings (SSSR count). The maximum Gasteiger partial charge on any atom is 0.348 e. The average molecular weight is 400 g/mol. The molecule has 28 heavy (non-hydrogen) atoms. The van der Waals surface area contributed by atoms with E-state index in [0.717, 1.165) is 5.56 Å². The zero-order valence-corrected chi connectivity index (χ0v) is 16.2. The first-order valence-corrected chi connectivity index (χ1v) is 8.68. The van der Waals surface area contributed by atoms with Crippen LogP contribution < -0.4 is 9.47 Å². The largest absolute Gasteiger partial charge is 0.493 e. The van der Waals surface area contributed by atoms with Crippen LogP contribution in [0.1, 0.15) is 17.5 Å². The number of carbonyl (C=O) groups excluding carboxylic acids is 2. The van der Waals surface area contributed by atoms with Gasteiger partial charge in [0.05, 0.1) is 14.2 Å². The number of nitrogens with zero attached hydrogens (tertiary/aromatic N) is 1. The molecule has 0 saturated heterocycles. The van der Waals surface area contributed by atoms with E-state index in [1.807, 2.05) is 12.1 Å². The topological polar surface area (TPSA) is 85.6 Å². The van der Waals surface area contributed by atoms with Gasteiger partial charge in [0.2, 0.25) is 0 Å². The van der Waals surface area contributed by atoms with E-state index in [1.54, 1.807) is 30.3 Å². The van der Waals surface area contributed by atoms with Gasteiger partial charge in [0.15, 0.2) is 11.5 Å². The standard InChI is InChI=1S/C21H18ClNO5/c1-26-19-12-15(10-16(13-23)21(25)27-2)6-8-18(19)28-20(24)9-7-14-4-3-5-17(22)11-14/h3-6,8,10-12H,7,9H2,1-2H3/b16-10+. The van der Waals surface area contributed by atoms with E-state index in [2.05, 4.69) is 4.74 Å². The lowest BCUT2D eigenvalue weighted by atomic mass is 10.1. The molecule has 0 unspecified atom stereocenters. The van der Waals surface area contributed by atoms with Gasteiger partial charge in [0, 0.05) is 11.4 Å². The summed E-state index contributed by atoms with van der Waals surface area (Å²) in [6, 6.07) is 13.7. The number of aryl methyl sites for hydroxylation is 1. The molecule has 7 heteroatoms. The third-order valence-electron chi connectivity index (χ3n) is 3.76. The van der Waals surface area contributed by atoms with Gasteiger partial charge < -0.3 is 14.2 Å². The van der Waals surface area contributed by atoms with E-state index in [0.29, 0.717) is 22.8 Å². The summed E-state index contributed by atoms with van der Waals surface area (Å²) >= 11 is 5.93. The van der Waals surface area contributed by atoms with Crippen LogP contribution in [0.15, 0.2) is 48.0 Å². The van der Waals surface area contributed by atoms with E-state index < -0.39 is 11.9 Å². The summed E-state index contributed by atoms with van der Waals surface area (Å²) in [5.74, 6) is -0.619. The monoisotopic (exact) mass is 399 g/mol. The molecule has 144 valence electrons. The molecule has 2 aromatic rings. The predicted molar refractivity (Wildman–Crippen MR) is 104 cm³/mol. The van der Waals surface area contributed by atoms with Crippen molar-refractivity contribution in [1.82, 2.24) is 0 Å². The minimum absolute atomic E-state index is 0.157. The van der Waals surface area contributed by atoms with Gasteiger partial charge in [-0.25, -0.2) is 4.79 Å². The Hall–Kier alpha value is -3.30. The van der Waals surface area contributed by atoms with Gasteiger partial charge in [0.1, 0.15) is 11.6 Å². The lowest BCUT2D eigenvalue weighted by Crippen LogP contribution is -2.10. The summed E-state index contributed by atoms with van der Waals surface area (Å²) in [7, 11) is 2.62. The first-order valence-electron chi connectivity index (χ1n) is 8.30. The Balaban J connectivity index is 2.09. The average Bonchev–Trinajstić information content (AvgIpc) is 2.70. The fourth-order valence-corrected chi connectivity index (χ4v) is 2.60. The number of esters is 2. The van der Waals surface area contributed by atoms with Crippen molar-refractivity contribution in [2.75, 3.05) is 14.2 Å². The van der Waals surface area contributed by atoms with Crippen molar-refractivity contribution in [1.29, 1.82) is 5.26 Å². The predicted octanol–water partition coefficient (Wildman–Crippen LogP) is 3.97. The SMILES string of the molecule is COC(=O)/C(C#N)=C/c1ccc(OC(=O)CCc2cccc(Cl)c2)c(OC)c1. The van der Waals surface area contributed by atoms with Crippen molar-refractivity contribution < 1.29 is 23.8 Å². The summed E-state index contributed by atoms with van der Waals surface area (Å²) in [4.78, 5) is 23.7. The molecule has 0 bridgehead atoms. The van der Waals surface area contributed by atoms with E-state index in [9.17, 15) is 9.59 Å². The number of nitriles is 1. The van der Waals surface area contributed by atoms with Crippen LogP contribution in [-0.4, -0.2) is 26.2 Å². The van der Waals surface area contributed by atoms with Crippen molar-refractivity contribution in [2.24, 2.45) is 0 Å². The van der Waals surface area contributed by atoms with Crippen molar-refractivity contribution in [3.8, 4) is 17.6 Å². The minimum Gasteiger partial charge on any atom is -0.493 e. The highest BCUT2D eigenvalue weighted by Gasteiger charge is 2.13. The molecule has 0 N–H and O–H groups in total. The molecule has 0 radical (unpaired) electrons. The summed E-state index contributed by atoms with van der Waals surface area (Å²) in [6.45, 7) is 0. The quantitative estimate of drug-likeness (QED) is 0.303. The van der Waals surface area contributed by atoms with Gasteiger partial charge in [-0.15, -0.1) is 0 Å². The molecule has 0 fully saturated rings. The van der Waals surface area contributed by atoms with E-state index in [-0.39, 0.29) is 17.7 Å². The van der Waals surface area contributed by atoms with Gasteiger partial charge in [-0.2, -0.15) is 5.26 Å². The van der Waals surface area contributed by atoms with Crippen molar-refractivity contribution in [2.45, 2.75) is 12.8 Å². The Kier molecular flexibility index (Phi) is 7.61. The minimum atomic E-state index is -0.738. The molecule has 0 aliphatic rings. The Morgan fingerprint density at radius 2 is 1.93 bits per heavy atom. The van der Waals surface area contributed by atoms with Crippen molar-refractivity contribution in [3.05, 3.63) is 64.2 Å². The van der Waals surface area contributed by atoms with Crippen LogP contribution in [0, 0.1) is 11.3 Å². The molecular weight excluding hydrogens is 382 g/mol. The van der Waals surface area contributed by atoms with Crippen molar-refractivity contribution >= 4 is 29.6 Å². The second-order valence-corrected chi connectivity index (χ2v) is 6.11. The fraction of sp³-hybridized carbons (Fsp3) is 0.190. The number of hydrogen-bond donors (Lipinski definition) is 0. The second kappa shape index (κ2) is 10.1. The third-order valence-corrected chi connectivity index (χ3v) is 3.99. The van der Waals surface area contributed by atoms with Crippen LogP contribution in [0.3, 0.4) is 0 Å². The summed E-state index contributed by atoms with van der Waals surface area (Å²) < 4.78 is 15.2. The Bertz CT molecular complexity index is 946. The fourth-order valence-electron chi connectivity index (χ4n) is 2.38. The number of halogens is 1. The van der Waals surface area contributed by atoms with E-state index in [4.69, 9.17) is 26.3 Å². The highest BCUT2D eigenvalue weighted by molar-refractivity contribution is 6.30. The smallest absolute Gasteiger partial charge is 0.348 e. The molecule has 2 aromatic carbocycles. The lowest BCUT2D eigenvalue weighted by Gasteiger charge is -2.10. The zero-order chi connectivity index (χ0) is 20.5. The molecule has 0 spiro atoms. The zero-order valence-electron chi connectivity index (χ0n) is 15.4. The molecule has 0 aliphatic carbocycles. The van der Waals surface area contributed by atoms with Gasteiger partial charge >= 0.3 is 11.9 Å². The number of carbonyl (C=O) groups is 2. The lowest BCUT2D eigenvalue weighted by molar-refractivity contribution is -0.136. The highest BCUT2D eigenvalue weighted by atomic mass is 35.5. The summed E-state index contributed by atoms with van der Waals surface area (Å²) in [6.07, 6.45) is 2.03. The first-order chi connectivity index (χ1) is 13.5. The maximum absolute atomic E-state index is 12.1. The number of hydrogen-bond acceptors (Lipinski definition) is 6. The van der Waals surface area contributed by atoms with Crippen LogP contribution in [0.2, 0.25) is 5.02 Å². The number of methoxy groups -OCH3 is 2. The second-order valence-electron chi connectivity index (χ2n) is 5.68. The van der Waals surface area contributed by atoms with Crippen LogP contribution in [-0.2, 0) is 20.7 Å². The molecule has 0 aliphatic heterocycles. The summed E-state index contributed by atoms with van der Waals surface area (Å²) in [5, 5.41) is 9.64. The maximum atomic E-state index is 12.1. The molecule has 0 heterocycles. The molecule has 0 saturated carbocycles.